The van der Waals surface area contributed by atoms with Crippen LogP contribution in [0.5, 0.6) is 0 Å². The molecule has 2 N–H and O–H groups in total. The van der Waals surface area contributed by atoms with Gasteiger partial charge < -0.3 is 20.1 Å². The number of benzene rings is 1. The van der Waals surface area contributed by atoms with Gasteiger partial charge in [0.25, 0.3) is 0 Å². The van der Waals surface area contributed by atoms with Gasteiger partial charge in [0.2, 0.25) is 0 Å². The van der Waals surface area contributed by atoms with E-state index in [1.807, 2.05) is 24.3 Å². The normalized spacial score (nSPS) is 11.0. The summed E-state index contributed by atoms with van der Waals surface area (Å²) in [6.45, 7) is 3.41. The number of methoxy groups -OCH3 is 1. The second kappa shape index (κ2) is 15.3. The molecule has 0 heterocycles. The minimum Gasteiger partial charge on any atom is -0.382 e. The van der Waals surface area contributed by atoms with Crippen LogP contribution in [0.3, 0.4) is 0 Å². The average molecular weight is 474 g/mol. The number of halogens is 2. The van der Waals surface area contributed by atoms with Crippen molar-refractivity contribution in [2.45, 2.75) is 4.90 Å². The van der Waals surface area contributed by atoms with Crippen molar-refractivity contribution in [2.24, 2.45) is 4.99 Å². The lowest BCUT2D eigenvalue weighted by molar-refractivity contribution is 0.0733. The van der Waals surface area contributed by atoms with E-state index < -0.39 is 0 Å². The van der Waals surface area contributed by atoms with Crippen LogP contribution in [0.4, 0.5) is 0 Å². The van der Waals surface area contributed by atoms with Gasteiger partial charge in [0, 0.05) is 42.9 Å². The number of guanidine groups is 1. The summed E-state index contributed by atoms with van der Waals surface area (Å²) < 4.78 is 10.3. The maximum absolute atomic E-state index is 5.86. The van der Waals surface area contributed by atoms with Gasteiger partial charge >= 0.3 is 0 Å². The minimum absolute atomic E-state index is 0. The molecular weight excluding hydrogens is 449 g/mol. The van der Waals surface area contributed by atoms with Gasteiger partial charge in [-0.15, -0.1) is 35.7 Å². The Morgan fingerprint density at radius 3 is 2.48 bits per heavy atom. The number of aliphatic imine (C=N–C) groups is 1. The van der Waals surface area contributed by atoms with Crippen molar-refractivity contribution >= 4 is 53.3 Å². The van der Waals surface area contributed by atoms with Crippen molar-refractivity contribution in [1.29, 1.82) is 0 Å². The van der Waals surface area contributed by atoms with E-state index in [2.05, 4.69) is 15.6 Å². The Labute approximate surface area is 165 Å². The maximum atomic E-state index is 5.86. The molecule has 0 saturated heterocycles. The Bertz CT molecular complexity index is 435. The lowest BCUT2D eigenvalue weighted by atomic mass is 10.4. The van der Waals surface area contributed by atoms with Crippen LogP contribution in [0.25, 0.3) is 0 Å². The molecule has 0 aliphatic carbocycles. The molecule has 0 aliphatic rings. The van der Waals surface area contributed by atoms with Crippen molar-refractivity contribution < 1.29 is 9.47 Å². The molecule has 1 rings (SSSR count). The molecule has 0 fully saturated rings. The van der Waals surface area contributed by atoms with Crippen molar-refractivity contribution in [1.82, 2.24) is 10.6 Å². The van der Waals surface area contributed by atoms with Crippen LogP contribution < -0.4 is 10.6 Å². The fraction of sp³-hybridized carbons (Fsp3) is 0.533. The number of thioether (sulfide) groups is 1. The molecule has 0 atom stereocenters. The van der Waals surface area contributed by atoms with Crippen LogP contribution in [0.1, 0.15) is 0 Å². The van der Waals surface area contributed by atoms with Crippen molar-refractivity contribution in [3.8, 4) is 0 Å². The zero-order valence-electron chi connectivity index (χ0n) is 13.5. The zero-order valence-corrected chi connectivity index (χ0v) is 17.4. The molecule has 0 aliphatic heterocycles. The molecule has 8 heteroatoms. The van der Waals surface area contributed by atoms with E-state index in [1.165, 1.54) is 4.90 Å². The Kier molecular flexibility index (Phi) is 15.2. The van der Waals surface area contributed by atoms with Gasteiger partial charge in [-0.05, 0) is 24.3 Å². The molecule has 1 aromatic rings. The smallest absolute Gasteiger partial charge is 0.191 e. The van der Waals surface area contributed by atoms with E-state index in [4.69, 9.17) is 21.1 Å². The Morgan fingerprint density at radius 1 is 1.13 bits per heavy atom. The first-order valence-electron chi connectivity index (χ1n) is 7.16. The minimum atomic E-state index is 0. The molecule has 1 aromatic carbocycles. The summed E-state index contributed by atoms with van der Waals surface area (Å²) in [5, 5.41) is 7.23. The molecule has 0 bridgehead atoms. The lowest BCUT2D eigenvalue weighted by Crippen LogP contribution is -2.40. The summed E-state index contributed by atoms with van der Waals surface area (Å²) in [4.78, 5) is 5.37. The molecule has 5 nitrogen and oxygen atoms in total. The summed E-state index contributed by atoms with van der Waals surface area (Å²) in [5.74, 6) is 1.74. The first-order valence-corrected chi connectivity index (χ1v) is 8.52. The quantitative estimate of drug-likeness (QED) is 0.180. The monoisotopic (exact) mass is 473 g/mol. The highest BCUT2D eigenvalue weighted by Crippen LogP contribution is 2.19. The van der Waals surface area contributed by atoms with Gasteiger partial charge in [-0.1, -0.05) is 11.6 Å². The zero-order chi connectivity index (χ0) is 16.0. The predicted molar refractivity (Wildman–Crippen MR) is 110 cm³/mol. The average Bonchev–Trinajstić information content (AvgIpc) is 2.54. The van der Waals surface area contributed by atoms with E-state index in [0.717, 1.165) is 23.3 Å². The van der Waals surface area contributed by atoms with Crippen LogP contribution in [0, 0.1) is 0 Å². The number of hydrogen-bond acceptors (Lipinski definition) is 4. The summed E-state index contributed by atoms with van der Waals surface area (Å²) in [7, 11) is 3.42. The largest absolute Gasteiger partial charge is 0.382 e. The van der Waals surface area contributed by atoms with Crippen molar-refractivity contribution in [3.63, 3.8) is 0 Å². The molecule has 0 radical (unpaired) electrons. The standard InChI is InChI=1S/C15H24ClN3O2S.HI/c1-17-15(18-7-9-21-11-10-20-2)19-8-12-22-14-5-3-13(16)4-6-14;/h3-6H,7-12H2,1-2H3,(H2,17,18,19);1H. The number of rotatable bonds is 10. The van der Waals surface area contributed by atoms with Gasteiger partial charge in [0.15, 0.2) is 5.96 Å². The van der Waals surface area contributed by atoms with Crippen LogP contribution in [-0.2, 0) is 9.47 Å². The fourth-order valence-corrected chi connectivity index (χ4v) is 2.47. The summed E-state index contributed by atoms with van der Waals surface area (Å²) in [6, 6.07) is 7.86. The number of hydrogen-bond donors (Lipinski definition) is 2. The molecule has 0 spiro atoms. The summed E-state index contributed by atoms with van der Waals surface area (Å²) in [6.07, 6.45) is 0. The van der Waals surface area contributed by atoms with E-state index in [1.54, 1.807) is 25.9 Å². The molecule has 0 saturated carbocycles. The third-order valence-corrected chi connectivity index (χ3v) is 3.94. The van der Waals surface area contributed by atoms with Gasteiger partial charge in [-0.3, -0.25) is 4.99 Å². The molecular formula is C15H25ClIN3O2S. The molecule has 132 valence electrons. The van der Waals surface area contributed by atoms with Crippen LogP contribution >= 0.6 is 47.3 Å². The van der Waals surface area contributed by atoms with E-state index in [0.29, 0.717) is 26.4 Å². The topological polar surface area (TPSA) is 54.9 Å². The Hall–Kier alpha value is -0.220. The Morgan fingerprint density at radius 2 is 1.83 bits per heavy atom. The highest BCUT2D eigenvalue weighted by Gasteiger charge is 1.98. The summed E-state index contributed by atoms with van der Waals surface area (Å²) in [5.41, 5.74) is 0. The number of nitrogens with one attached hydrogen (secondary N) is 2. The first-order chi connectivity index (χ1) is 10.8. The first kappa shape index (κ1) is 22.8. The van der Waals surface area contributed by atoms with Crippen LogP contribution in [-0.4, -0.2) is 58.8 Å². The third kappa shape index (κ3) is 11.9. The number of nitrogens with zero attached hydrogens (tertiary/aromatic N) is 1. The summed E-state index contributed by atoms with van der Waals surface area (Å²) >= 11 is 7.64. The van der Waals surface area contributed by atoms with Gasteiger partial charge in [-0.2, -0.15) is 0 Å². The maximum Gasteiger partial charge on any atom is 0.191 e. The number of ether oxygens (including phenoxy) is 2. The molecule has 0 unspecified atom stereocenters. The van der Waals surface area contributed by atoms with Crippen LogP contribution in [0.15, 0.2) is 34.2 Å². The highest BCUT2D eigenvalue weighted by molar-refractivity contribution is 14.0. The van der Waals surface area contributed by atoms with Gasteiger partial charge in [-0.25, -0.2) is 0 Å². The van der Waals surface area contributed by atoms with Gasteiger partial charge in [0.1, 0.15) is 0 Å². The van der Waals surface area contributed by atoms with Crippen LogP contribution in [0.2, 0.25) is 5.02 Å². The van der Waals surface area contributed by atoms with Crippen molar-refractivity contribution in [3.05, 3.63) is 29.3 Å². The second-order valence-electron chi connectivity index (χ2n) is 4.33. The van der Waals surface area contributed by atoms with E-state index in [9.17, 15) is 0 Å². The predicted octanol–water partition coefficient (Wildman–Crippen LogP) is 2.88. The van der Waals surface area contributed by atoms with E-state index >= 15 is 0 Å². The lowest BCUT2D eigenvalue weighted by Gasteiger charge is -2.12. The molecule has 0 amide bonds. The molecule has 0 aromatic heterocycles. The third-order valence-electron chi connectivity index (χ3n) is 2.67. The Balaban J connectivity index is 0.00000484. The highest BCUT2D eigenvalue weighted by atomic mass is 127. The fourth-order valence-electron chi connectivity index (χ4n) is 1.58. The SMILES string of the molecule is CN=C(NCCOCCOC)NCCSc1ccc(Cl)cc1.I. The second-order valence-corrected chi connectivity index (χ2v) is 5.94. The van der Waals surface area contributed by atoms with Gasteiger partial charge in [0.05, 0.1) is 19.8 Å². The molecule has 23 heavy (non-hydrogen) atoms. The van der Waals surface area contributed by atoms with Crippen molar-refractivity contribution in [2.75, 3.05) is 52.8 Å². The van der Waals surface area contributed by atoms with E-state index in [-0.39, 0.29) is 24.0 Å².